The van der Waals surface area contributed by atoms with Crippen LogP contribution in [0.5, 0.6) is 0 Å². The fourth-order valence-electron chi connectivity index (χ4n) is 3.58. The lowest BCUT2D eigenvalue weighted by Gasteiger charge is -2.37. The van der Waals surface area contributed by atoms with Gasteiger partial charge in [0.05, 0.1) is 6.42 Å². The zero-order valence-corrected chi connectivity index (χ0v) is 12.1. The number of hydrogen-bond acceptors (Lipinski definition) is 1. The van der Waals surface area contributed by atoms with Crippen molar-refractivity contribution in [2.45, 2.75) is 56.5 Å². The number of rotatable bonds is 2. The van der Waals surface area contributed by atoms with Gasteiger partial charge in [-0.1, -0.05) is 24.3 Å². The Balaban J connectivity index is 1.73. The van der Waals surface area contributed by atoms with Gasteiger partial charge in [-0.15, -0.1) is 11.6 Å². The molecule has 0 radical (unpaired) electrons. The largest absolute Gasteiger partial charge is 0.336 e. The molecule has 2 saturated heterocycles. The zero-order chi connectivity index (χ0) is 13.4. The fraction of sp³-hybridized carbons (Fsp3) is 0.562. The first kappa shape index (κ1) is 13.0. The van der Waals surface area contributed by atoms with Crippen molar-refractivity contribution in [3.05, 3.63) is 35.4 Å². The number of hydrogen-bond donors (Lipinski definition) is 0. The lowest BCUT2D eigenvalue weighted by atomic mass is 9.99. The second kappa shape index (κ2) is 5.16. The van der Waals surface area contributed by atoms with Gasteiger partial charge in [-0.05, 0) is 43.7 Å². The second-order valence-electron chi connectivity index (χ2n) is 5.86. The van der Waals surface area contributed by atoms with E-state index in [1.54, 1.807) is 0 Å². The van der Waals surface area contributed by atoms with Gasteiger partial charge in [0.1, 0.15) is 0 Å². The molecular formula is C16H20ClNO. The topological polar surface area (TPSA) is 20.3 Å². The highest BCUT2D eigenvalue weighted by Gasteiger charge is 2.42. The third-order valence-electron chi connectivity index (χ3n) is 4.57. The lowest BCUT2D eigenvalue weighted by Crippen LogP contribution is -2.47. The molecule has 3 heteroatoms. The minimum atomic E-state index is 0.264. The molecule has 0 saturated carbocycles. The number of carbonyl (C=O) groups excluding carboxylic acids is 1. The molecular weight excluding hydrogens is 258 g/mol. The van der Waals surface area contributed by atoms with Gasteiger partial charge in [0, 0.05) is 17.5 Å². The van der Waals surface area contributed by atoms with Crippen LogP contribution in [0.25, 0.3) is 0 Å². The van der Waals surface area contributed by atoms with Crippen LogP contribution < -0.4 is 0 Å². The molecule has 2 bridgehead atoms. The summed E-state index contributed by atoms with van der Waals surface area (Å²) in [6.07, 6.45) is 4.74. The molecule has 2 nitrogen and oxygen atoms in total. The van der Waals surface area contributed by atoms with Gasteiger partial charge in [0.15, 0.2) is 0 Å². The van der Waals surface area contributed by atoms with E-state index in [0.717, 1.165) is 31.2 Å². The highest BCUT2D eigenvalue weighted by atomic mass is 35.5. The van der Waals surface area contributed by atoms with E-state index < -0.39 is 0 Å². The molecule has 2 aliphatic heterocycles. The Labute approximate surface area is 119 Å². The Bertz CT molecular complexity index is 473. The molecule has 0 N–H and O–H groups in total. The van der Waals surface area contributed by atoms with Gasteiger partial charge < -0.3 is 4.90 Å². The SMILES string of the molecule is Cc1ccccc1CC(=O)N1C2CCC1CC(Cl)C2. The van der Waals surface area contributed by atoms with Crippen molar-refractivity contribution < 1.29 is 4.79 Å². The molecule has 102 valence electrons. The van der Waals surface area contributed by atoms with Crippen LogP contribution in [0.3, 0.4) is 0 Å². The summed E-state index contributed by atoms with van der Waals surface area (Å²) in [7, 11) is 0. The van der Waals surface area contributed by atoms with E-state index in [4.69, 9.17) is 11.6 Å². The van der Waals surface area contributed by atoms with Gasteiger partial charge in [-0.2, -0.15) is 0 Å². The molecule has 0 spiro atoms. The summed E-state index contributed by atoms with van der Waals surface area (Å²) in [4.78, 5) is 14.7. The molecule has 19 heavy (non-hydrogen) atoms. The van der Waals surface area contributed by atoms with Crippen LogP contribution in [0, 0.1) is 6.92 Å². The van der Waals surface area contributed by atoms with Crippen molar-refractivity contribution in [3.63, 3.8) is 0 Å². The van der Waals surface area contributed by atoms with E-state index in [9.17, 15) is 4.79 Å². The number of halogens is 1. The molecule has 2 aliphatic rings. The molecule has 2 atom stereocenters. The summed E-state index contributed by atoms with van der Waals surface area (Å²) in [6.45, 7) is 2.07. The van der Waals surface area contributed by atoms with Gasteiger partial charge in [-0.3, -0.25) is 4.79 Å². The molecule has 1 aromatic rings. The maximum atomic E-state index is 12.6. The highest BCUT2D eigenvalue weighted by molar-refractivity contribution is 6.20. The molecule has 1 amide bonds. The van der Waals surface area contributed by atoms with Crippen LogP contribution in [0.4, 0.5) is 0 Å². The first-order valence-electron chi connectivity index (χ1n) is 7.15. The standard InChI is InChI=1S/C16H20ClNO/c1-11-4-2-3-5-12(11)8-16(19)18-14-6-7-15(18)10-13(17)9-14/h2-5,13-15H,6-10H2,1H3. The van der Waals surface area contributed by atoms with E-state index >= 15 is 0 Å². The number of fused-ring (bicyclic) bond motifs is 2. The van der Waals surface area contributed by atoms with Crippen molar-refractivity contribution in [1.82, 2.24) is 4.90 Å². The number of aryl methyl sites for hydroxylation is 1. The minimum absolute atomic E-state index is 0.264. The third kappa shape index (κ3) is 2.51. The maximum Gasteiger partial charge on any atom is 0.227 e. The van der Waals surface area contributed by atoms with Crippen molar-refractivity contribution >= 4 is 17.5 Å². The van der Waals surface area contributed by atoms with Crippen LogP contribution in [0.1, 0.15) is 36.8 Å². The summed E-state index contributed by atoms with van der Waals surface area (Å²) >= 11 is 6.26. The molecule has 1 aromatic carbocycles. The highest BCUT2D eigenvalue weighted by Crippen LogP contribution is 2.38. The number of benzene rings is 1. The summed E-state index contributed by atoms with van der Waals surface area (Å²) in [5, 5.41) is 0.264. The van der Waals surface area contributed by atoms with Crippen LogP contribution >= 0.6 is 11.6 Å². The van der Waals surface area contributed by atoms with Crippen LogP contribution in [-0.2, 0) is 11.2 Å². The summed E-state index contributed by atoms with van der Waals surface area (Å²) in [5.41, 5.74) is 2.36. The summed E-state index contributed by atoms with van der Waals surface area (Å²) in [5.74, 6) is 0.283. The Morgan fingerprint density at radius 2 is 1.89 bits per heavy atom. The Hall–Kier alpha value is -1.02. The summed E-state index contributed by atoms with van der Waals surface area (Å²) in [6, 6.07) is 8.93. The second-order valence-corrected chi connectivity index (χ2v) is 6.48. The zero-order valence-electron chi connectivity index (χ0n) is 11.3. The van der Waals surface area contributed by atoms with Crippen molar-refractivity contribution in [2.24, 2.45) is 0 Å². The number of piperidine rings is 1. The molecule has 3 rings (SSSR count). The van der Waals surface area contributed by atoms with E-state index in [1.165, 1.54) is 5.56 Å². The third-order valence-corrected chi connectivity index (χ3v) is 4.92. The smallest absolute Gasteiger partial charge is 0.227 e. The average molecular weight is 278 g/mol. The quantitative estimate of drug-likeness (QED) is 0.760. The van der Waals surface area contributed by atoms with Crippen molar-refractivity contribution in [2.75, 3.05) is 0 Å². The number of amides is 1. The number of alkyl halides is 1. The minimum Gasteiger partial charge on any atom is -0.336 e. The van der Waals surface area contributed by atoms with E-state index in [2.05, 4.69) is 24.0 Å². The van der Waals surface area contributed by atoms with Gasteiger partial charge in [0.2, 0.25) is 5.91 Å². The predicted molar refractivity (Wildman–Crippen MR) is 77.4 cm³/mol. The normalized spacial score (nSPS) is 29.6. The fourth-order valence-corrected chi connectivity index (χ4v) is 3.99. The first-order valence-corrected chi connectivity index (χ1v) is 7.58. The monoisotopic (exact) mass is 277 g/mol. The lowest BCUT2D eigenvalue weighted by molar-refractivity contribution is -0.134. The van der Waals surface area contributed by atoms with Gasteiger partial charge >= 0.3 is 0 Å². The van der Waals surface area contributed by atoms with Gasteiger partial charge in [0.25, 0.3) is 0 Å². The Morgan fingerprint density at radius 1 is 1.26 bits per heavy atom. The van der Waals surface area contributed by atoms with Crippen molar-refractivity contribution in [3.8, 4) is 0 Å². The Kier molecular flexibility index (Phi) is 3.53. The average Bonchev–Trinajstić information content (AvgIpc) is 2.65. The van der Waals surface area contributed by atoms with Crippen LogP contribution in [0.15, 0.2) is 24.3 Å². The van der Waals surface area contributed by atoms with Gasteiger partial charge in [-0.25, -0.2) is 0 Å². The van der Waals surface area contributed by atoms with Crippen LogP contribution in [0.2, 0.25) is 0 Å². The van der Waals surface area contributed by atoms with E-state index in [-0.39, 0.29) is 11.3 Å². The Morgan fingerprint density at radius 3 is 2.53 bits per heavy atom. The molecule has 2 fully saturated rings. The summed E-state index contributed by atoms with van der Waals surface area (Å²) < 4.78 is 0. The molecule has 2 heterocycles. The molecule has 2 unspecified atom stereocenters. The van der Waals surface area contributed by atoms with E-state index in [1.807, 2.05) is 12.1 Å². The molecule has 0 aliphatic carbocycles. The maximum absolute atomic E-state index is 12.6. The van der Waals surface area contributed by atoms with Crippen LogP contribution in [-0.4, -0.2) is 28.3 Å². The number of nitrogens with zero attached hydrogens (tertiary/aromatic N) is 1. The predicted octanol–water partition coefficient (Wildman–Crippen LogP) is 3.30. The molecule has 0 aromatic heterocycles. The van der Waals surface area contributed by atoms with Crippen molar-refractivity contribution in [1.29, 1.82) is 0 Å². The van der Waals surface area contributed by atoms with E-state index in [0.29, 0.717) is 18.5 Å². The number of carbonyl (C=O) groups is 1. The first-order chi connectivity index (χ1) is 9.15.